The third kappa shape index (κ3) is 7.42. The molecule has 6 nitrogen and oxygen atoms in total. The van der Waals surface area contributed by atoms with E-state index in [4.69, 9.17) is 30.1 Å². The second kappa shape index (κ2) is 10.6. The topological polar surface area (TPSA) is 86.8 Å². The summed E-state index contributed by atoms with van der Waals surface area (Å²) in [6, 6.07) is 5.27. The summed E-state index contributed by atoms with van der Waals surface area (Å²) in [5, 5.41) is 7.35. The van der Waals surface area contributed by atoms with Crippen LogP contribution >= 0.6 is 15.9 Å². The molecule has 0 atom stereocenters. The zero-order valence-corrected chi connectivity index (χ0v) is 13.6. The molecule has 0 aromatic heterocycles. The molecule has 1 aromatic rings. The number of nitrogens with one attached hydrogen (secondary N) is 1. The Labute approximate surface area is 133 Å². The Balaban J connectivity index is 2.14. The van der Waals surface area contributed by atoms with Crippen molar-refractivity contribution in [3.05, 3.63) is 28.2 Å². The summed E-state index contributed by atoms with van der Waals surface area (Å²) in [6.45, 7) is 3.15. The van der Waals surface area contributed by atoms with Gasteiger partial charge in [0.05, 0.1) is 37.5 Å². The van der Waals surface area contributed by atoms with Gasteiger partial charge >= 0.3 is 0 Å². The van der Waals surface area contributed by atoms with Gasteiger partial charge in [0, 0.05) is 12.7 Å². The second-order valence-corrected chi connectivity index (χ2v) is 4.98. The van der Waals surface area contributed by atoms with Crippen molar-refractivity contribution in [2.45, 2.75) is 0 Å². The van der Waals surface area contributed by atoms with E-state index in [1.54, 1.807) is 25.3 Å². The maximum Gasteiger partial charge on any atom is 0.133 e. The zero-order valence-electron chi connectivity index (χ0n) is 12.1. The van der Waals surface area contributed by atoms with E-state index in [-0.39, 0.29) is 5.84 Å². The van der Waals surface area contributed by atoms with Gasteiger partial charge in [-0.15, -0.1) is 0 Å². The van der Waals surface area contributed by atoms with Crippen molar-refractivity contribution in [2.75, 3.05) is 46.8 Å². The smallest absolute Gasteiger partial charge is 0.133 e. The predicted molar refractivity (Wildman–Crippen MR) is 84.2 cm³/mol. The molecular weight excluding hydrogens is 340 g/mol. The van der Waals surface area contributed by atoms with E-state index in [2.05, 4.69) is 15.9 Å². The lowest BCUT2D eigenvalue weighted by atomic mass is 10.2. The number of halogens is 1. The third-order valence-electron chi connectivity index (χ3n) is 2.53. The van der Waals surface area contributed by atoms with Crippen molar-refractivity contribution in [2.24, 2.45) is 5.73 Å². The van der Waals surface area contributed by atoms with Gasteiger partial charge in [0.1, 0.15) is 18.2 Å². The molecule has 7 heteroatoms. The lowest BCUT2D eigenvalue weighted by molar-refractivity contribution is 0.0179. The van der Waals surface area contributed by atoms with Crippen LogP contribution in [0.25, 0.3) is 0 Å². The van der Waals surface area contributed by atoms with Gasteiger partial charge in [-0.3, -0.25) is 5.41 Å². The zero-order chi connectivity index (χ0) is 15.5. The highest BCUT2D eigenvalue weighted by molar-refractivity contribution is 9.10. The molecule has 0 saturated heterocycles. The van der Waals surface area contributed by atoms with E-state index in [1.165, 1.54) is 0 Å². The first-order valence-electron chi connectivity index (χ1n) is 6.56. The average Bonchev–Trinajstić information content (AvgIpc) is 2.46. The summed E-state index contributed by atoms with van der Waals surface area (Å²) >= 11 is 3.38. The molecule has 0 radical (unpaired) electrons. The van der Waals surface area contributed by atoms with Gasteiger partial charge in [0.25, 0.3) is 0 Å². The number of nitrogen functional groups attached to an aromatic ring is 1. The largest absolute Gasteiger partial charge is 0.490 e. The molecule has 0 heterocycles. The number of hydrogen-bond donors (Lipinski definition) is 2. The molecule has 0 bridgehead atoms. The van der Waals surface area contributed by atoms with Crippen LogP contribution in [0.4, 0.5) is 0 Å². The van der Waals surface area contributed by atoms with E-state index in [9.17, 15) is 0 Å². The first-order valence-corrected chi connectivity index (χ1v) is 7.35. The molecule has 0 saturated carbocycles. The molecule has 0 amide bonds. The van der Waals surface area contributed by atoms with Gasteiger partial charge in [-0.25, -0.2) is 0 Å². The minimum atomic E-state index is 0.0269. The highest BCUT2D eigenvalue weighted by Gasteiger charge is 2.04. The van der Waals surface area contributed by atoms with E-state index in [0.717, 1.165) is 4.47 Å². The standard InChI is InChI=1S/C14H21BrN2O4/c1-18-4-5-19-6-7-20-8-9-21-13-3-2-11(14(16)17)10-12(13)15/h2-3,10H,4-9H2,1H3,(H3,16,17). The summed E-state index contributed by atoms with van der Waals surface area (Å²) < 4.78 is 21.8. The summed E-state index contributed by atoms with van der Waals surface area (Å²) in [5.41, 5.74) is 6.06. The van der Waals surface area contributed by atoms with Crippen molar-refractivity contribution in [3.63, 3.8) is 0 Å². The van der Waals surface area contributed by atoms with Crippen molar-refractivity contribution >= 4 is 21.8 Å². The Morgan fingerprint density at radius 1 is 1.10 bits per heavy atom. The molecule has 1 aromatic carbocycles. The Morgan fingerprint density at radius 2 is 1.71 bits per heavy atom. The van der Waals surface area contributed by atoms with Crippen molar-refractivity contribution in [1.29, 1.82) is 5.41 Å². The maximum absolute atomic E-state index is 7.35. The first-order chi connectivity index (χ1) is 10.1. The molecule has 21 heavy (non-hydrogen) atoms. The van der Waals surface area contributed by atoms with Gasteiger partial charge < -0.3 is 24.7 Å². The van der Waals surface area contributed by atoms with E-state index in [0.29, 0.717) is 51.0 Å². The van der Waals surface area contributed by atoms with Crippen LogP contribution in [0.1, 0.15) is 5.56 Å². The van der Waals surface area contributed by atoms with E-state index in [1.807, 2.05) is 0 Å². The molecule has 118 valence electrons. The van der Waals surface area contributed by atoms with E-state index < -0.39 is 0 Å². The number of benzene rings is 1. The number of rotatable bonds is 11. The van der Waals surface area contributed by atoms with Crippen LogP contribution in [-0.2, 0) is 14.2 Å². The highest BCUT2D eigenvalue weighted by atomic mass is 79.9. The Kier molecular flexibility index (Phi) is 9.00. The molecule has 0 aliphatic carbocycles. The van der Waals surface area contributed by atoms with Crippen LogP contribution in [0.5, 0.6) is 5.75 Å². The van der Waals surface area contributed by atoms with Crippen LogP contribution in [0.2, 0.25) is 0 Å². The van der Waals surface area contributed by atoms with Gasteiger partial charge in [-0.2, -0.15) is 0 Å². The molecule has 1 rings (SSSR count). The third-order valence-corrected chi connectivity index (χ3v) is 3.15. The fourth-order valence-electron chi connectivity index (χ4n) is 1.46. The van der Waals surface area contributed by atoms with Gasteiger partial charge in [-0.1, -0.05) is 0 Å². The monoisotopic (exact) mass is 360 g/mol. The summed E-state index contributed by atoms with van der Waals surface area (Å²) in [5.74, 6) is 0.721. The van der Waals surface area contributed by atoms with Crippen LogP contribution in [0.3, 0.4) is 0 Å². The van der Waals surface area contributed by atoms with Crippen LogP contribution < -0.4 is 10.5 Å². The van der Waals surface area contributed by atoms with Gasteiger partial charge in [0.15, 0.2) is 0 Å². The van der Waals surface area contributed by atoms with Crippen LogP contribution in [-0.4, -0.2) is 52.6 Å². The molecule has 3 N–H and O–H groups in total. The fraction of sp³-hybridized carbons (Fsp3) is 0.500. The second-order valence-electron chi connectivity index (χ2n) is 4.12. The molecule has 0 aliphatic heterocycles. The number of methoxy groups -OCH3 is 1. The molecule has 0 unspecified atom stereocenters. The number of ether oxygens (including phenoxy) is 4. The van der Waals surface area contributed by atoms with Gasteiger partial charge in [0.2, 0.25) is 0 Å². The minimum Gasteiger partial charge on any atom is -0.490 e. The Bertz CT molecular complexity index is 443. The van der Waals surface area contributed by atoms with Crippen molar-refractivity contribution in [1.82, 2.24) is 0 Å². The minimum absolute atomic E-state index is 0.0269. The lowest BCUT2D eigenvalue weighted by Gasteiger charge is -2.10. The normalized spacial score (nSPS) is 10.6. The summed E-state index contributed by atoms with van der Waals surface area (Å²) in [6.07, 6.45) is 0. The Morgan fingerprint density at radius 3 is 2.29 bits per heavy atom. The highest BCUT2D eigenvalue weighted by Crippen LogP contribution is 2.25. The van der Waals surface area contributed by atoms with Gasteiger partial charge in [-0.05, 0) is 34.1 Å². The molecule has 0 aliphatic rings. The average molecular weight is 361 g/mol. The Hall–Kier alpha value is -1.15. The SMILES string of the molecule is COCCOCCOCCOc1ccc(C(=N)N)cc1Br. The number of hydrogen-bond acceptors (Lipinski definition) is 5. The summed E-state index contributed by atoms with van der Waals surface area (Å²) in [7, 11) is 1.64. The molecule has 0 spiro atoms. The first kappa shape index (κ1) is 17.9. The number of nitrogens with two attached hydrogens (primary N) is 1. The maximum atomic E-state index is 7.35. The lowest BCUT2D eigenvalue weighted by Crippen LogP contribution is -2.13. The van der Waals surface area contributed by atoms with Crippen LogP contribution in [0, 0.1) is 5.41 Å². The van der Waals surface area contributed by atoms with Crippen molar-refractivity contribution < 1.29 is 18.9 Å². The fourth-order valence-corrected chi connectivity index (χ4v) is 1.95. The van der Waals surface area contributed by atoms with Crippen LogP contribution in [0.15, 0.2) is 22.7 Å². The molecule has 0 fully saturated rings. The van der Waals surface area contributed by atoms with Crippen molar-refractivity contribution in [3.8, 4) is 5.75 Å². The predicted octanol–water partition coefficient (Wildman–Crippen LogP) is 1.79. The molecular formula is C14H21BrN2O4. The van der Waals surface area contributed by atoms with E-state index >= 15 is 0 Å². The quantitative estimate of drug-likeness (QED) is 0.357. The summed E-state index contributed by atoms with van der Waals surface area (Å²) in [4.78, 5) is 0. The number of amidine groups is 1.